The molecule has 1 fully saturated rings. The van der Waals surface area contributed by atoms with E-state index >= 15 is 0 Å². The number of hydrogen-bond donors (Lipinski definition) is 1. The van der Waals surface area contributed by atoms with Crippen LogP contribution in [0.2, 0.25) is 0 Å². The Labute approximate surface area is 116 Å². The summed E-state index contributed by atoms with van der Waals surface area (Å²) < 4.78 is 5.18. The largest absolute Gasteiger partial charge is 0.497 e. The molecular weight excluding hydrogens is 236 g/mol. The third-order valence-corrected chi connectivity index (χ3v) is 4.43. The number of methoxy groups -OCH3 is 1. The summed E-state index contributed by atoms with van der Waals surface area (Å²) in [6.45, 7) is 2.01. The number of hydrogen-bond acceptors (Lipinski definition) is 3. The molecule has 1 aliphatic rings. The molecule has 1 aliphatic carbocycles. The Kier molecular flexibility index (Phi) is 4.83. The third-order valence-electron chi connectivity index (χ3n) is 4.43. The lowest BCUT2D eigenvalue weighted by atomic mass is 9.96. The van der Waals surface area contributed by atoms with E-state index in [1.54, 1.807) is 7.11 Å². The smallest absolute Gasteiger partial charge is 0.118 e. The van der Waals surface area contributed by atoms with E-state index < -0.39 is 0 Å². The maximum Gasteiger partial charge on any atom is 0.118 e. The Morgan fingerprint density at radius 1 is 1.16 bits per heavy atom. The van der Waals surface area contributed by atoms with Crippen molar-refractivity contribution in [1.82, 2.24) is 10.2 Å². The Morgan fingerprint density at radius 2 is 1.79 bits per heavy atom. The van der Waals surface area contributed by atoms with Crippen LogP contribution in [0.3, 0.4) is 0 Å². The van der Waals surface area contributed by atoms with Gasteiger partial charge in [0.15, 0.2) is 0 Å². The Hall–Kier alpha value is -1.06. The third kappa shape index (κ3) is 3.48. The van der Waals surface area contributed by atoms with Crippen LogP contribution in [0.5, 0.6) is 5.75 Å². The maximum atomic E-state index is 5.18. The highest BCUT2D eigenvalue weighted by atomic mass is 16.5. The fourth-order valence-electron chi connectivity index (χ4n) is 3.00. The molecule has 3 nitrogen and oxygen atoms in total. The molecule has 0 radical (unpaired) electrons. The summed E-state index contributed by atoms with van der Waals surface area (Å²) >= 11 is 0. The van der Waals surface area contributed by atoms with Crippen molar-refractivity contribution < 1.29 is 4.74 Å². The molecule has 106 valence electrons. The SMILES string of the molecule is COc1ccc(CNCC2(N(C)C)CCCC2)cc1. The van der Waals surface area contributed by atoms with E-state index in [-0.39, 0.29) is 0 Å². The number of nitrogens with zero attached hydrogens (tertiary/aromatic N) is 1. The average Bonchev–Trinajstić information content (AvgIpc) is 2.90. The quantitative estimate of drug-likeness (QED) is 0.853. The zero-order chi connectivity index (χ0) is 13.7. The molecule has 0 spiro atoms. The van der Waals surface area contributed by atoms with Gasteiger partial charge in [0.05, 0.1) is 7.11 Å². The van der Waals surface area contributed by atoms with Gasteiger partial charge in [-0.25, -0.2) is 0 Å². The minimum Gasteiger partial charge on any atom is -0.497 e. The van der Waals surface area contributed by atoms with Gasteiger partial charge in [-0.2, -0.15) is 0 Å². The van der Waals surface area contributed by atoms with Crippen LogP contribution < -0.4 is 10.1 Å². The van der Waals surface area contributed by atoms with E-state index in [0.717, 1.165) is 18.8 Å². The number of benzene rings is 1. The molecule has 1 N–H and O–H groups in total. The van der Waals surface area contributed by atoms with Gasteiger partial charge in [-0.15, -0.1) is 0 Å². The van der Waals surface area contributed by atoms with E-state index in [9.17, 15) is 0 Å². The summed E-state index contributed by atoms with van der Waals surface area (Å²) in [7, 11) is 6.12. The van der Waals surface area contributed by atoms with Crippen LogP contribution in [0.15, 0.2) is 24.3 Å². The zero-order valence-corrected chi connectivity index (χ0v) is 12.4. The predicted molar refractivity (Wildman–Crippen MR) is 79.6 cm³/mol. The van der Waals surface area contributed by atoms with Gasteiger partial charge in [-0.05, 0) is 44.6 Å². The topological polar surface area (TPSA) is 24.5 Å². The highest BCUT2D eigenvalue weighted by Gasteiger charge is 2.35. The number of likely N-dealkylation sites (N-methyl/N-ethyl adjacent to an activating group) is 1. The molecule has 1 aromatic rings. The van der Waals surface area contributed by atoms with Gasteiger partial charge in [0.1, 0.15) is 5.75 Å². The molecule has 0 unspecified atom stereocenters. The fraction of sp³-hybridized carbons (Fsp3) is 0.625. The molecule has 0 atom stereocenters. The molecule has 0 aromatic heterocycles. The normalized spacial score (nSPS) is 17.9. The van der Waals surface area contributed by atoms with Crippen LogP contribution in [-0.2, 0) is 6.54 Å². The Morgan fingerprint density at radius 3 is 2.32 bits per heavy atom. The molecule has 0 saturated heterocycles. The number of nitrogens with one attached hydrogen (secondary N) is 1. The first-order chi connectivity index (χ1) is 9.16. The molecule has 0 heterocycles. The van der Waals surface area contributed by atoms with Crippen molar-refractivity contribution in [2.75, 3.05) is 27.7 Å². The van der Waals surface area contributed by atoms with Gasteiger partial charge in [0.25, 0.3) is 0 Å². The van der Waals surface area contributed by atoms with Gasteiger partial charge in [0, 0.05) is 18.6 Å². The standard InChI is InChI=1S/C16H26N2O/c1-18(2)16(10-4-5-11-16)13-17-12-14-6-8-15(19-3)9-7-14/h6-9,17H,4-5,10-13H2,1-3H3. The zero-order valence-electron chi connectivity index (χ0n) is 12.4. The second-order valence-corrected chi connectivity index (χ2v) is 5.78. The summed E-state index contributed by atoms with van der Waals surface area (Å²) in [6.07, 6.45) is 5.36. The van der Waals surface area contributed by atoms with Gasteiger partial charge >= 0.3 is 0 Å². The fourth-order valence-corrected chi connectivity index (χ4v) is 3.00. The molecule has 0 amide bonds. The Balaban J connectivity index is 1.84. The average molecular weight is 262 g/mol. The van der Waals surface area contributed by atoms with Gasteiger partial charge < -0.3 is 15.0 Å². The van der Waals surface area contributed by atoms with Crippen LogP contribution in [0.25, 0.3) is 0 Å². The molecule has 0 aliphatic heterocycles. The molecular formula is C16H26N2O. The van der Waals surface area contributed by atoms with Crippen LogP contribution in [0.4, 0.5) is 0 Å². The molecule has 1 saturated carbocycles. The van der Waals surface area contributed by atoms with Crippen molar-refractivity contribution >= 4 is 0 Å². The molecule has 1 aromatic carbocycles. The summed E-state index contributed by atoms with van der Waals surface area (Å²) in [5.41, 5.74) is 1.68. The lowest BCUT2D eigenvalue weighted by Crippen LogP contribution is -2.49. The number of ether oxygens (including phenoxy) is 1. The first-order valence-corrected chi connectivity index (χ1v) is 7.17. The second-order valence-electron chi connectivity index (χ2n) is 5.78. The Bertz CT molecular complexity index is 380. The first kappa shape index (κ1) is 14.4. The lowest BCUT2D eigenvalue weighted by molar-refractivity contribution is 0.153. The molecule has 19 heavy (non-hydrogen) atoms. The molecule has 0 bridgehead atoms. The lowest BCUT2D eigenvalue weighted by Gasteiger charge is -2.36. The summed E-state index contributed by atoms with van der Waals surface area (Å²) in [5.74, 6) is 0.921. The van der Waals surface area contributed by atoms with Gasteiger partial charge in [-0.1, -0.05) is 25.0 Å². The monoisotopic (exact) mass is 262 g/mol. The van der Waals surface area contributed by atoms with Crippen LogP contribution in [0, 0.1) is 0 Å². The molecule has 2 rings (SSSR count). The van der Waals surface area contributed by atoms with Crippen LogP contribution in [0.1, 0.15) is 31.2 Å². The minimum absolute atomic E-state index is 0.368. The van der Waals surface area contributed by atoms with Crippen LogP contribution >= 0.6 is 0 Å². The van der Waals surface area contributed by atoms with E-state index in [0.29, 0.717) is 5.54 Å². The minimum atomic E-state index is 0.368. The first-order valence-electron chi connectivity index (χ1n) is 7.17. The van der Waals surface area contributed by atoms with Crippen molar-refractivity contribution in [3.63, 3.8) is 0 Å². The summed E-state index contributed by atoms with van der Waals surface area (Å²) in [5, 5.41) is 3.62. The second kappa shape index (κ2) is 6.40. The summed E-state index contributed by atoms with van der Waals surface area (Å²) in [4.78, 5) is 2.40. The van der Waals surface area contributed by atoms with Gasteiger partial charge in [0.2, 0.25) is 0 Å². The van der Waals surface area contributed by atoms with Crippen molar-refractivity contribution in [2.45, 2.75) is 37.8 Å². The molecule has 3 heteroatoms. The van der Waals surface area contributed by atoms with Crippen molar-refractivity contribution in [3.05, 3.63) is 29.8 Å². The van der Waals surface area contributed by atoms with Crippen molar-refractivity contribution in [3.8, 4) is 5.75 Å². The highest BCUT2D eigenvalue weighted by Crippen LogP contribution is 2.33. The van der Waals surface area contributed by atoms with Crippen molar-refractivity contribution in [1.29, 1.82) is 0 Å². The predicted octanol–water partition coefficient (Wildman–Crippen LogP) is 2.66. The number of rotatable bonds is 6. The van der Waals surface area contributed by atoms with Crippen molar-refractivity contribution in [2.24, 2.45) is 0 Å². The van der Waals surface area contributed by atoms with Crippen LogP contribution in [-0.4, -0.2) is 38.2 Å². The van der Waals surface area contributed by atoms with E-state index in [1.807, 2.05) is 12.1 Å². The van der Waals surface area contributed by atoms with Gasteiger partial charge in [-0.3, -0.25) is 0 Å². The summed E-state index contributed by atoms with van der Waals surface area (Å²) in [6, 6.07) is 8.30. The van der Waals surface area contributed by atoms with E-state index in [4.69, 9.17) is 4.74 Å². The maximum absolute atomic E-state index is 5.18. The highest BCUT2D eigenvalue weighted by molar-refractivity contribution is 5.27. The van der Waals surface area contributed by atoms with E-state index in [2.05, 4.69) is 36.4 Å². The van der Waals surface area contributed by atoms with E-state index in [1.165, 1.54) is 31.2 Å².